The molecule has 1 heterocycles. The van der Waals surface area contributed by atoms with Gasteiger partial charge in [0.05, 0.1) is 5.69 Å². The van der Waals surface area contributed by atoms with Crippen molar-refractivity contribution in [3.05, 3.63) is 23.8 Å². The second-order valence-electron chi connectivity index (χ2n) is 9.09. The molecule has 0 aliphatic carbocycles. The number of nitrogens with one attached hydrogen (secondary N) is 1. The van der Waals surface area contributed by atoms with E-state index in [4.69, 9.17) is 4.74 Å². The molecule has 0 spiro atoms. The summed E-state index contributed by atoms with van der Waals surface area (Å²) in [6, 6.07) is 4.94. The van der Waals surface area contributed by atoms with Gasteiger partial charge in [-0.1, -0.05) is 20.8 Å². The Balaban J connectivity index is 2.24. The van der Waals surface area contributed by atoms with Gasteiger partial charge in [-0.05, 0) is 57.7 Å². The van der Waals surface area contributed by atoms with E-state index >= 15 is 0 Å². The third-order valence-electron chi connectivity index (χ3n) is 4.33. The maximum atomic E-state index is 12.7. The summed E-state index contributed by atoms with van der Waals surface area (Å²) in [5.74, 6) is -0.161. The van der Waals surface area contributed by atoms with Crippen LogP contribution in [0.4, 0.5) is 5.69 Å². The highest BCUT2D eigenvalue weighted by Gasteiger charge is 2.34. The summed E-state index contributed by atoms with van der Waals surface area (Å²) in [6.07, 6.45) is 0.112. The molecule has 1 aromatic carbocycles. The number of hydrogen-bond acceptors (Lipinski definition) is 4. The fourth-order valence-corrected chi connectivity index (χ4v) is 3.72. The number of nitrogens with zero attached hydrogens (tertiary/aromatic N) is 1. The SMILES string of the molecule is CC(=O)c1ccc2c(c1)N(CC(=O)NC(C)(C)CC(C)(C)C)C(=O)C(C)O2. The van der Waals surface area contributed by atoms with E-state index in [1.54, 1.807) is 25.1 Å². The minimum absolute atomic E-state index is 0.0586. The van der Waals surface area contributed by atoms with Crippen molar-refractivity contribution in [1.82, 2.24) is 5.32 Å². The zero-order valence-electron chi connectivity index (χ0n) is 17.3. The second-order valence-corrected chi connectivity index (χ2v) is 9.09. The zero-order chi connectivity index (χ0) is 20.6. The first kappa shape index (κ1) is 20.9. The molecule has 148 valence electrons. The van der Waals surface area contributed by atoms with Crippen LogP contribution >= 0.6 is 0 Å². The first-order chi connectivity index (χ1) is 12.3. The summed E-state index contributed by atoms with van der Waals surface area (Å²) >= 11 is 0. The molecule has 0 aromatic heterocycles. The Hall–Kier alpha value is -2.37. The third kappa shape index (κ3) is 5.31. The van der Waals surface area contributed by atoms with Crippen molar-refractivity contribution >= 4 is 23.3 Å². The minimum Gasteiger partial charge on any atom is -0.479 e. The van der Waals surface area contributed by atoms with Gasteiger partial charge in [0.2, 0.25) is 5.91 Å². The van der Waals surface area contributed by atoms with Crippen LogP contribution < -0.4 is 15.0 Å². The van der Waals surface area contributed by atoms with E-state index in [1.807, 2.05) is 13.8 Å². The Morgan fingerprint density at radius 1 is 1.19 bits per heavy atom. The molecule has 0 bridgehead atoms. The molecule has 1 aromatic rings. The van der Waals surface area contributed by atoms with Gasteiger partial charge in [-0.25, -0.2) is 0 Å². The molecule has 1 atom stereocenters. The van der Waals surface area contributed by atoms with Gasteiger partial charge in [0, 0.05) is 11.1 Å². The zero-order valence-corrected chi connectivity index (χ0v) is 17.3. The van der Waals surface area contributed by atoms with Crippen LogP contribution in [-0.4, -0.2) is 35.8 Å². The number of hydrogen-bond donors (Lipinski definition) is 1. The largest absolute Gasteiger partial charge is 0.479 e. The summed E-state index contributed by atoms with van der Waals surface area (Å²) in [7, 11) is 0. The van der Waals surface area contributed by atoms with Gasteiger partial charge in [-0.15, -0.1) is 0 Å². The van der Waals surface area contributed by atoms with Crippen molar-refractivity contribution in [1.29, 1.82) is 0 Å². The fourth-order valence-electron chi connectivity index (χ4n) is 3.72. The van der Waals surface area contributed by atoms with Gasteiger partial charge in [0.25, 0.3) is 5.91 Å². The summed E-state index contributed by atoms with van der Waals surface area (Å²) in [4.78, 5) is 38.4. The number of Topliss-reactive ketones (excluding diaryl/α,β-unsaturated/α-hetero) is 1. The van der Waals surface area contributed by atoms with Gasteiger partial charge >= 0.3 is 0 Å². The van der Waals surface area contributed by atoms with Crippen LogP contribution in [0.1, 0.15) is 65.2 Å². The van der Waals surface area contributed by atoms with Crippen LogP contribution in [0.3, 0.4) is 0 Å². The van der Waals surface area contributed by atoms with Crippen LogP contribution in [0.25, 0.3) is 0 Å². The Morgan fingerprint density at radius 2 is 1.81 bits per heavy atom. The molecule has 2 amide bonds. The molecule has 0 saturated heterocycles. The molecular weight excluding hydrogens is 344 g/mol. The van der Waals surface area contributed by atoms with Gasteiger partial charge < -0.3 is 10.1 Å². The number of ketones is 1. The molecule has 0 radical (unpaired) electrons. The molecule has 1 N–H and O–H groups in total. The predicted molar refractivity (Wildman–Crippen MR) is 105 cm³/mol. The summed E-state index contributed by atoms with van der Waals surface area (Å²) in [6.45, 7) is 13.3. The monoisotopic (exact) mass is 374 g/mol. The standard InChI is InChI=1S/C21H30N2O4/c1-13(24)15-8-9-17-16(10-15)23(19(26)14(2)27-17)11-18(25)22-21(6,7)12-20(3,4)5/h8-10,14H,11-12H2,1-7H3,(H,22,25). The quantitative estimate of drug-likeness (QED) is 0.802. The van der Waals surface area contributed by atoms with Crippen molar-refractivity contribution in [3.63, 3.8) is 0 Å². The van der Waals surface area contributed by atoms with Gasteiger partial charge in [0.15, 0.2) is 11.9 Å². The van der Waals surface area contributed by atoms with Gasteiger partial charge in [0.1, 0.15) is 12.3 Å². The predicted octanol–water partition coefficient (Wildman–Crippen LogP) is 3.33. The number of anilines is 1. The maximum Gasteiger partial charge on any atom is 0.268 e. The number of benzene rings is 1. The van der Waals surface area contributed by atoms with E-state index in [1.165, 1.54) is 11.8 Å². The molecule has 0 saturated carbocycles. The average Bonchev–Trinajstić information content (AvgIpc) is 2.48. The van der Waals surface area contributed by atoms with Crippen LogP contribution in [-0.2, 0) is 9.59 Å². The Labute approximate surface area is 161 Å². The Kier molecular flexibility index (Phi) is 5.68. The molecule has 6 heteroatoms. The first-order valence-corrected chi connectivity index (χ1v) is 9.23. The van der Waals surface area contributed by atoms with Crippen LogP contribution in [0.5, 0.6) is 5.75 Å². The topological polar surface area (TPSA) is 75.7 Å². The van der Waals surface area contributed by atoms with E-state index in [0.29, 0.717) is 17.0 Å². The number of rotatable bonds is 5. The van der Waals surface area contributed by atoms with Crippen molar-refractivity contribution < 1.29 is 19.1 Å². The van der Waals surface area contributed by atoms with E-state index in [-0.39, 0.29) is 29.6 Å². The first-order valence-electron chi connectivity index (χ1n) is 9.23. The fraction of sp³-hybridized carbons (Fsp3) is 0.571. The highest BCUT2D eigenvalue weighted by Crippen LogP contribution is 2.35. The van der Waals surface area contributed by atoms with E-state index in [2.05, 4.69) is 26.1 Å². The maximum absolute atomic E-state index is 12.7. The van der Waals surface area contributed by atoms with Crippen molar-refractivity contribution in [3.8, 4) is 5.75 Å². The Bertz CT molecular complexity index is 762. The molecule has 27 heavy (non-hydrogen) atoms. The molecule has 1 aliphatic rings. The van der Waals surface area contributed by atoms with Gasteiger partial charge in [-0.2, -0.15) is 0 Å². The molecule has 0 fully saturated rings. The van der Waals surface area contributed by atoms with E-state index in [0.717, 1.165) is 6.42 Å². The minimum atomic E-state index is -0.684. The van der Waals surface area contributed by atoms with Crippen LogP contribution in [0.2, 0.25) is 0 Å². The summed E-state index contributed by atoms with van der Waals surface area (Å²) in [5, 5.41) is 3.02. The lowest BCUT2D eigenvalue weighted by molar-refractivity contribution is -0.128. The molecular formula is C21H30N2O4. The normalized spacial score (nSPS) is 17.2. The average molecular weight is 374 g/mol. The third-order valence-corrected chi connectivity index (χ3v) is 4.33. The number of ether oxygens (including phenoxy) is 1. The number of amides is 2. The van der Waals surface area contributed by atoms with Crippen molar-refractivity contribution in [2.75, 3.05) is 11.4 Å². The van der Waals surface area contributed by atoms with Crippen LogP contribution in [0.15, 0.2) is 18.2 Å². The molecule has 1 aliphatic heterocycles. The van der Waals surface area contributed by atoms with Crippen LogP contribution in [0, 0.1) is 5.41 Å². The highest BCUT2D eigenvalue weighted by atomic mass is 16.5. The molecule has 2 rings (SSSR count). The lowest BCUT2D eigenvalue weighted by Gasteiger charge is -2.36. The van der Waals surface area contributed by atoms with E-state index < -0.39 is 11.6 Å². The Morgan fingerprint density at radius 3 is 2.37 bits per heavy atom. The molecule has 1 unspecified atom stereocenters. The van der Waals surface area contributed by atoms with E-state index in [9.17, 15) is 14.4 Å². The lowest BCUT2D eigenvalue weighted by atomic mass is 9.82. The van der Waals surface area contributed by atoms with Crippen molar-refractivity contribution in [2.45, 2.75) is 66.5 Å². The number of fused-ring (bicyclic) bond motifs is 1. The molecule has 6 nitrogen and oxygen atoms in total. The lowest BCUT2D eigenvalue weighted by Crippen LogP contribution is -2.53. The summed E-state index contributed by atoms with van der Waals surface area (Å²) in [5.41, 5.74) is 0.580. The smallest absolute Gasteiger partial charge is 0.268 e. The second kappa shape index (κ2) is 7.33. The van der Waals surface area contributed by atoms with Crippen molar-refractivity contribution in [2.24, 2.45) is 5.41 Å². The summed E-state index contributed by atoms with van der Waals surface area (Å²) < 4.78 is 5.62. The highest BCUT2D eigenvalue weighted by molar-refractivity contribution is 6.05. The number of carbonyl (C=O) groups excluding carboxylic acids is 3. The van der Waals surface area contributed by atoms with Gasteiger partial charge in [-0.3, -0.25) is 19.3 Å². The number of carbonyl (C=O) groups is 3.